The van der Waals surface area contributed by atoms with Gasteiger partial charge in [0.15, 0.2) is 0 Å². The SMILES string of the molecule is NCC12CCC(c3ccccn3)(CC1)CC2. The molecular formula is C14H20N2. The minimum Gasteiger partial charge on any atom is -0.330 e. The van der Waals surface area contributed by atoms with Gasteiger partial charge >= 0.3 is 0 Å². The Morgan fingerprint density at radius 2 is 1.75 bits per heavy atom. The van der Waals surface area contributed by atoms with Crippen LogP contribution in [0.2, 0.25) is 0 Å². The Kier molecular flexibility index (Phi) is 2.28. The van der Waals surface area contributed by atoms with Gasteiger partial charge in [-0.1, -0.05) is 6.07 Å². The highest BCUT2D eigenvalue weighted by Gasteiger charge is 2.49. The molecular weight excluding hydrogens is 196 g/mol. The van der Waals surface area contributed by atoms with Gasteiger partial charge in [0, 0.05) is 17.3 Å². The molecule has 2 nitrogen and oxygen atoms in total. The van der Waals surface area contributed by atoms with Crippen molar-refractivity contribution in [2.75, 3.05) is 6.54 Å². The van der Waals surface area contributed by atoms with Crippen LogP contribution in [-0.2, 0) is 5.41 Å². The van der Waals surface area contributed by atoms with Crippen LogP contribution < -0.4 is 5.73 Å². The highest BCUT2D eigenvalue weighted by atomic mass is 14.7. The Morgan fingerprint density at radius 3 is 2.25 bits per heavy atom. The fourth-order valence-corrected chi connectivity index (χ4v) is 3.63. The number of nitrogens with two attached hydrogens (primary N) is 1. The zero-order valence-electron chi connectivity index (χ0n) is 9.78. The van der Waals surface area contributed by atoms with Crippen LogP contribution in [0.5, 0.6) is 0 Å². The molecule has 86 valence electrons. The molecule has 0 spiro atoms. The van der Waals surface area contributed by atoms with Crippen molar-refractivity contribution in [3.63, 3.8) is 0 Å². The fourth-order valence-electron chi connectivity index (χ4n) is 3.63. The van der Waals surface area contributed by atoms with Crippen molar-refractivity contribution in [3.05, 3.63) is 30.1 Å². The summed E-state index contributed by atoms with van der Waals surface area (Å²) in [5, 5.41) is 0. The largest absolute Gasteiger partial charge is 0.330 e. The van der Waals surface area contributed by atoms with Crippen molar-refractivity contribution in [2.45, 2.75) is 43.9 Å². The second kappa shape index (κ2) is 3.56. The molecule has 3 saturated carbocycles. The standard InChI is InChI=1S/C14H20N2/c15-11-13-4-7-14(8-5-13,9-6-13)12-3-1-2-10-16-12/h1-3,10H,4-9,11,15H2. The molecule has 0 aliphatic heterocycles. The average Bonchev–Trinajstić information content (AvgIpc) is 2.42. The molecule has 0 radical (unpaired) electrons. The summed E-state index contributed by atoms with van der Waals surface area (Å²) >= 11 is 0. The van der Waals surface area contributed by atoms with Gasteiger partial charge in [-0.3, -0.25) is 4.98 Å². The van der Waals surface area contributed by atoms with E-state index >= 15 is 0 Å². The van der Waals surface area contributed by atoms with E-state index in [-0.39, 0.29) is 0 Å². The van der Waals surface area contributed by atoms with Crippen molar-refractivity contribution in [1.82, 2.24) is 4.98 Å². The monoisotopic (exact) mass is 216 g/mol. The highest BCUT2D eigenvalue weighted by Crippen LogP contribution is 2.56. The number of fused-ring (bicyclic) bond motifs is 3. The summed E-state index contributed by atoms with van der Waals surface area (Å²) in [6, 6.07) is 6.34. The molecule has 0 aromatic carbocycles. The van der Waals surface area contributed by atoms with Crippen LogP contribution in [0.15, 0.2) is 24.4 Å². The van der Waals surface area contributed by atoms with Crippen molar-refractivity contribution >= 4 is 0 Å². The molecule has 2 heteroatoms. The average molecular weight is 216 g/mol. The van der Waals surface area contributed by atoms with Gasteiger partial charge in [0.1, 0.15) is 0 Å². The van der Waals surface area contributed by atoms with Gasteiger partial charge in [0.25, 0.3) is 0 Å². The fraction of sp³-hybridized carbons (Fsp3) is 0.643. The zero-order chi connectivity index (χ0) is 11.1. The molecule has 2 N–H and O–H groups in total. The molecule has 0 atom stereocenters. The van der Waals surface area contributed by atoms with Crippen LogP contribution in [0.25, 0.3) is 0 Å². The van der Waals surface area contributed by atoms with E-state index in [1.807, 2.05) is 12.3 Å². The van der Waals surface area contributed by atoms with Gasteiger partial charge in [-0.05, 0) is 62.6 Å². The number of aromatic nitrogens is 1. The Morgan fingerprint density at radius 1 is 1.06 bits per heavy atom. The van der Waals surface area contributed by atoms with E-state index < -0.39 is 0 Å². The van der Waals surface area contributed by atoms with Crippen molar-refractivity contribution in [3.8, 4) is 0 Å². The smallest absolute Gasteiger partial charge is 0.0465 e. The van der Waals surface area contributed by atoms with E-state index in [1.54, 1.807) is 0 Å². The minimum atomic E-state index is 0.387. The van der Waals surface area contributed by atoms with Gasteiger partial charge in [-0.15, -0.1) is 0 Å². The first-order valence-corrected chi connectivity index (χ1v) is 6.40. The van der Waals surface area contributed by atoms with E-state index in [4.69, 9.17) is 5.73 Å². The quantitative estimate of drug-likeness (QED) is 0.825. The molecule has 3 aliphatic rings. The normalized spacial score (nSPS) is 37.6. The lowest BCUT2D eigenvalue weighted by Crippen LogP contribution is -2.47. The lowest BCUT2D eigenvalue weighted by atomic mass is 9.53. The Labute approximate surface area is 97.3 Å². The van der Waals surface area contributed by atoms with Crippen molar-refractivity contribution < 1.29 is 0 Å². The molecule has 3 fully saturated rings. The number of hydrogen-bond acceptors (Lipinski definition) is 2. The first-order valence-electron chi connectivity index (χ1n) is 6.40. The van der Waals surface area contributed by atoms with Gasteiger partial charge in [-0.2, -0.15) is 0 Å². The molecule has 4 rings (SSSR count). The number of rotatable bonds is 2. The van der Waals surface area contributed by atoms with Crippen LogP contribution in [0.3, 0.4) is 0 Å². The second-order valence-electron chi connectivity index (χ2n) is 5.70. The molecule has 0 amide bonds. The van der Waals surface area contributed by atoms with Crippen LogP contribution in [0, 0.1) is 5.41 Å². The summed E-state index contributed by atoms with van der Waals surface area (Å²) in [5.41, 5.74) is 8.13. The third kappa shape index (κ3) is 1.40. The van der Waals surface area contributed by atoms with Crippen LogP contribution in [-0.4, -0.2) is 11.5 Å². The van der Waals surface area contributed by atoms with Crippen molar-refractivity contribution in [1.29, 1.82) is 0 Å². The number of nitrogens with zero attached hydrogens (tertiary/aromatic N) is 1. The van der Waals surface area contributed by atoms with Crippen LogP contribution >= 0.6 is 0 Å². The lowest BCUT2D eigenvalue weighted by Gasteiger charge is -2.53. The molecule has 1 heterocycles. The third-order valence-corrected chi connectivity index (χ3v) is 5.04. The van der Waals surface area contributed by atoms with E-state index in [9.17, 15) is 0 Å². The minimum absolute atomic E-state index is 0.387. The van der Waals surface area contributed by atoms with Gasteiger partial charge in [0.05, 0.1) is 0 Å². The first-order chi connectivity index (χ1) is 7.79. The summed E-state index contributed by atoms with van der Waals surface area (Å²) in [4.78, 5) is 4.59. The van der Waals surface area contributed by atoms with Crippen molar-refractivity contribution in [2.24, 2.45) is 11.1 Å². The predicted molar refractivity (Wildman–Crippen MR) is 65.1 cm³/mol. The molecule has 0 unspecified atom stereocenters. The van der Waals surface area contributed by atoms with Crippen LogP contribution in [0.4, 0.5) is 0 Å². The first kappa shape index (κ1) is 10.3. The molecule has 1 aromatic rings. The summed E-state index contributed by atoms with van der Waals surface area (Å²) in [6.07, 6.45) is 9.73. The maximum atomic E-state index is 5.94. The molecule has 2 bridgehead atoms. The lowest BCUT2D eigenvalue weighted by molar-refractivity contribution is 0.0449. The highest BCUT2D eigenvalue weighted by molar-refractivity contribution is 5.21. The van der Waals surface area contributed by atoms with Crippen LogP contribution in [0.1, 0.15) is 44.2 Å². The molecule has 0 saturated heterocycles. The summed E-state index contributed by atoms with van der Waals surface area (Å²) in [7, 11) is 0. The molecule has 3 aliphatic carbocycles. The third-order valence-electron chi connectivity index (χ3n) is 5.04. The maximum Gasteiger partial charge on any atom is 0.0465 e. The summed E-state index contributed by atoms with van der Waals surface area (Å²) in [6.45, 7) is 0.880. The topological polar surface area (TPSA) is 38.9 Å². The zero-order valence-corrected chi connectivity index (χ0v) is 9.78. The van der Waals surface area contributed by atoms with Gasteiger partial charge in [0.2, 0.25) is 0 Å². The number of hydrogen-bond donors (Lipinski definition) is 1. The predicted octanol–water partition coefficient (Wildman–Crippen LogP) is 2.63. The van der Waals surface area contributed by atoms with Gasteiger partial charge < -0.3 is 5.73 Å². The summed E-state index contributed by atoms with van der Waals surface area (Å²) < 4.78 is 0. The Hall–Kier alpha value is -0.890. The maximum absolute atomic E-state index is 5.94. The number of pyridine rings is 1. The molecule has 1 aromatic heterocycles. The second-order valence-corrected chi connectivity index (χ2v) is 5.70. The Balaban J connectivity index is 1.89. The van der Waals surface area contributed by atoms with E-state index in [1.165, 1.54) is 44.2 Å². The molecule has 16 heavy (non-hydrogen) atoms. The van der Waals surface area contributed by atoms with E-state index in [2.05, 4.69) is 17.1 Å². The van der Waals surface area contributed by atoms with Gasteiger partial charge in [-0.25, -0.2) is 0 Å². The van der Waals surface area contributed by atoms with E-state index in [0.717, 1.165) is 6.54 Å². The Bertz CT molecular complexity index is 347. The van der Waals surface area contributed by atoms with E-state index in [0.29, 0.717) is 10.8 Å². The summed E-state index contributed by atoms with van der Waals surface area (Å²) in [5.74, 6) is 0.